The first-order valence-corrected chi connectivity index (χ1v) is 6.86. The zero-order chi connectivity index (χ0) is 15.2. The number of ketones is 1. The quantitative estimate of drug-likeness (QED) is 0.789. The molecule has 0 radical (unpaired) electrons. The Morgan fingerprint density at radius 1 is 1.19 bits per heavy atom. The molecule has 21 heavy (non-hydrogen) atoms. The second-order valence-electron chi connectivity index (χ2n) is 5.27. The van der Waals surface area contributed by atoms with Crippen molar-refractivity contribution in [2.75, 3.05) is 13.6 Å². The highest BCUT2D eigenvalue weighted by molar-refractivity contribution is 5.97. The van der Waals surface area contributed by atoms with Gasteiger partial charge >= 0.3 is 0 Å². The van der Waals surface area contributed by atoms with Crippen LogP contribution in [0, 0.1) is 18.3 Å². The molecule has 0 amide bonds. The summed E-state index contributed by atoms with van der Waals surface area (Å²) in [7, 11) is 1.91. The highest BCUT2D eigenvalue weighted by atomic mass is 16.1. The maximum absolute atomic E-state index is 12.2. The normalized spacial score (nSPS) is 10.4. The third-order valence-corrected chi connectivity index (χ3v) is 3.30. The average molecular weight is 278 g/mol. The van der Waals surface area contributed by atoms with Crippen LogP contribution in [-0.2, 0) is 6.54 Å². The number of nitrogens with zero attached hydrogens (tertiary/aromatic N) is 2. The smallest absolute Gasteiger partial charge is 0.176 e. The van der Waals surface area contributed by atoms with Crippen molar-refractivity contribution in [2.24, 2.45) is 0 Å². The van der Waals surface area contributed by atoms with Crippen LogP contribution in [-0.4, -0.2) is 24.3 Å². The number of hydrogen-bond donors (Lipinski definition) is 0. The predicted molar refractivity (Wildman–Crippen MR) is 83.0 cm³/mol. The van der Waals surface area contributed by atoms with E-state index in [0.29, 0.717) is 18.7 Å². The summed E-state index contributed by atoms with van der Waals surface area (Å²) in [5.41, 5.74) is 3.56. The molecule has 2 rings (SSSR count). The first-order chi connectivity index (χ1) is 10.1. The second-order valence-corrected chi connectivity index (χ2v) is 5.27. The van der Waals surface area contributed by atoms with Crippen molar-refractivity contribution in [1.82, 2.24) is 4.90 Å². The van der Waals surface area contributed by atoms with Gasteiger partial charge in [-0.25, -0.2) is 0 Å². The molecule has 2 aromatic carbocycles. The first-order valence-electron chi connectivity index (χ1n) is 6.86. The SMILES string of the molecule is Cc1ccc(C(=O)CN(C)Cc2cccc(C#N)c2)cc1. The molecule has 0 unspecified atom stereocenters. The molecule has 0 aliphatic rings. The van der Waals surface area contributed by atoms with Crippen molar-refractivity contribution >= 4 is 5.78 Å². The molecule has 0 saturated carbocycles. The highest BCUT2D eigenvalue weighted by Crippen LogP contribution is 2.09. The molecule has 0 spiro atoms. The standard InChI is InChI=1S/C18H18N2O/c1-14-6-8-17(9-7-14)18(21)13-20(2)12-16-5-3-4-15(10-16)11-19/h3-10H,12-13H2,1-2H3. The number of likely N-dealkylation sites (N-methyl/N-ethyl adjacent to an activating group) is 1. The number of benzene rings is 2. The zero-order valence-electron chi connectivity index (χ0n) is 12.3. The minimum atomic E-state index is 0.105. The number of carbonyl (C=O) groups excluding carboxylic acids is 1. The van der Waals surface area contributed by atoms with Crippen LogP contribution in [0.5, 0.6) is 0 Å². The Hall–Kier alpha value is -2.44. The van der Waals surface area contributed by atoms with Gasteiger partial charge in [0.25, 0.3) is 0 Å². The van der Waals surface area contributed by atoms with Crippen molar-refractivity contribution in [3.05, 3.63) is 70.8 Å². The van der Waals surface area contributed by atoms with Gasteiger partial charge in [0, 0.05) is 12.1 Å². The summed E-state index contributed by atoms with van der Waals surface area (Å²) in [5.74, 6) is 0.105. The fraction of sp³-hybridized carbons (Fsp3) is 0.222. The summed E-state index contributed by atoms with van der Waals surface area (Å²) >= 11 is 0. The number of Topliss-reactive ketones (excluding diaryl/α,β-unsaturated/α-hetero) is 1. The Labute approximate surface area is 125 Å². The minimum Gasteiger partial charge on any atom is -0.295 e. The van der Waals surface area contributed by atoms with E-state index in [9.17, 15) is 4.79 Å². The maximum Gasteiger partial charge on any atom is 0.176 e. The lowest BCUT2D eigenvalue weighted by atomic mass is 10.1. The van der Waals surface area contributed by atoms with Crippen LogP contribution in [0.25, 0.3) is 0 Å². The third-order valence-electron chi connectivity index (χ3n) is 3.30. The van der Waals surface area contributed by atoms with Crippen LogP contribution in [0.4, 0.5) is 0 Å². The summed E-state index contributed by atoms with van der Waals surface area (Å²) in [6.45, 7) is 3.01. The van der Waals surface area contributed by atoms with E-state index in [1.165, 1.54) is 0 Å². The van der Waals surface area contributed by atoms with Gasteiger partial charge in [0.2, 0.25) is 0 Å². The Morgan fingerprint density at radius 3 is 2.57 bits per heavy atom. The highest BCUT2D eigenvalue weighted by Gasteiger charge is 2.09. The van der Waals surface area contributed by atoms with Crippen molar-refractivity contribution in [3.8, 4) is 6.07 Å². The predicted octanol–water partition coefficient (Wildman–Crippen LogP) is 3.18. The number of carbonyl (C=O) groups is 1. The molecule has 0 N–H and O–H groups in total. The lowest BCUT2D eigenvalue weighted by Gasteiger charge is -2.16. The van der Waals surface area contributed by atoms with Crippen molar-refractivity contribution in [2.45, 2.75) is 13.5 Å². The molecule has 0 aliphatic heterocycles. The van der Waals surface area contributed by atoms with Crippen molar-refractivity contribution < 1.29 is 4.79 Å². The van der Waals surface area contributed by atoms with Crippen molar-refractivity contribution in [1.29, 1.82) is 5.26 Å². The molecule has 0 atom stereocenters. The van der Waals surface area contributed by atoms with E-state index >= 15 is 0 Å². The van der Waals surface area contributed by atoms with Crippen LogP contribution < -0.4 is 0 Å². The van der Waals surface area contributed by atoms with Crippen LogP contribution >= 0.6 is 0 Å². The van der Waals surface area contributed by atoms with E-state index < -0.39 is 0 Å². The van der Waals surface area contributed by atoms with E-state index in [2.05, 4.69) is 6.07 Å². The average Bonchev–Trinajstić information content (AvgIpc) is 2.47. The van der Waals surface area contributed by atoms with Gasteiger partial charge in [-0.15, -0.1) is 0 Å². The van der Waals surface area contributed by atoms with E-state index in [0.717, 1.165) is 16.7 Å². The van der Waals surface area contributed by atoms with Gasteiger partial charge in [-0.05, 0) is 31.7 Å². The Balaban J connectivity index is 1.98. The van der Waals surface area contributed by atoms with E-state index in [-0.39, 0.29) is 5.78 Å². The van der Waals surface area contributed by atoms with Crippen LogP contribution in [0.3, 0.4) is 0 Å². The summed E-state index contributed by atoms with van der Waals surface area (Å²) in [6.07, 6.45) is 0. The molecule has 0 aromatic heterocycles. The molecule has 0 fully saturated rings. The Kier molecular flexibility index (Phi) is 4.86. The lowest BCUT2D eigenvalue weighted by Crippen LogP contribution is -2.25. The molecular formula is C18H18N2O. The fourth-order valence-electron chi connectivity index (χ4n) is 2.18. The van der Waals surface area contributed by atoms with Crippen LogP contribution in [0.2, 0.25) is 0 Å². The summed E-state index contributed by atoms with van der Waals surface area (Å²) in [5, 5.41) is 8.89. The monoisotopic (exact) mass is 278 g/mol. The number of aryl methyl sites for hydroxylation is 1. The van der Waals surface area contributed by atoms with Gasteiger partial charge in [-0.1, -0.05) is 42.0 Å². The first kappa shape index (κ1) is 15.0. The van der Waals surface area contributed by atoms with Crippen LogP contribution in [0.15, 0.2) is 48.5 Å². The summed E-state index contributed by atoms with van der Waals surface area (Å²) in [4.78, 5) is 14.1. The fourth-order valence-corrected chi connectivity index (χ4v) is 2.18. The van der Waals surface area contributed by atoms with Gasteiger partial charge in [0.1, 0.15) is 0 Å². The van der Waals surface area contributed by atoms with Gasteiger partial charge < -0.3 is 0 Å². The van der Waals surface area contributed by atoms with E-state index in [1.54, 1.807) is 6.07 Å². The van der Waals surface area contributed by atoms with Gasteiger partial charge in [-0.3, -0.25) is 9.69 Å². The van der Waals surface area contributed by atoms with Gasteiger partial charge in [-0.2, -0.15) is 5.26 Å². The molecule has 2 aromatic rings. The molecule has 3 nitrogen and oxygen atoms in total. The van der Waals surface area contributed by atoms with Crippen molar-refractivity contribution in [3.63, 3.8) is 0 Å². The topological polar surface area (TPSA) is 44.1 Å². The number of nitriles is 1. The zero-order valence-corrected chi connectivity index (χ0v) is 12.3. The molecular weight excluding hydrogens is 260 g/mol. The largest absolute Gasteiger partial charge is 0.295 e. The Bertz CT molecular complexity index is 668. The van der Waals surface area contributed by atoms with Crippen LogP contribution in [0.1, 0.15) is 27.0 Å². The lowest BCUT2D eigenvalue weighted by molar-refractivity contribution is 0.0943. The molecule has 3 heteroatoms. The molecule has 0 saturated heterocycles. The summed E-state index contributed by atoms with van der Waals surface area (Å²) in [6, 6.07) is 17.2. The van der Waals surface area contributed by atoms with Gasteiger partial charge in [0.15, 0.2) is 5.78 Å². The molecule has 0 bridgehead atoms. The van der Waals surface area contributed by atoms with E-state index in [4.69, 9.17) is 5.26 Å². The molecule has 106 valence electrons. The third kappa shape index (κ3) is 4.27. The maximum atomic E-state index is 12.2. The van der Waals surface area contributed by atoms with E-state index in [1.807, 2.05) is 61.3 Å². The minimum absolute atomic E-state index is 0.105. The Morgan fingerprint density at radius 2 is 1.90 bits per heavy atom. The van der Waals surface area contributed by atoms with Gasteiger partial charge in [0.05, 0.1) is 18.2 Å². The number of rotatable bonds is 5. The molecule has 0 heterocycles. The summed E-state index contributed by atoms with van der Waals surface area (Å²) < 4.78 is 0. The number of hydrogen-bond acceptors (Lipinski definition) is 3. The molecule has 0 aliphatic carbocycles. The second kappa shape index (κ2) is 6.83.